The number of allylic oxidation sites excluding steroid dienone is 8. The van der Waals surface area contributed by atoms with E-state index in [-0.39, 0.29) is 60.4 Å². The van der Waals surface area contributed by atoms with Gasteiger partial charge in [-0.15, -0.1) is 0 Å². The summed E-state index contributed by atoms with van der Waals surface area (Å²) in [5, 5.41) is 23.3. The van der Waals surface area contributed by atoms with E-state index in [1.54, 1.807) is 12.1 Å². The molecule has 5 aliphatic rings. The predicted octanol–water partition coefficient (Wildman–Crippen LogP) is 2.33. The monoisotopic (exact) mass is 1140 g/mol. The van der Waals surface area contributed by atoms with Gasteiger partial charge in [0.15, 0.2) is 12.3 Å². The molecular formula is C58H78N8O12S2. The number of amides is 3. The Balaban J connectivity index is 0.00000138. The highest BCUT2D eigenvalue weighted by Gasteiger charge is 2.49. The Morgan fingerprint density at radius 3 is 1.98 bits per heavy atom. The summed E-state index contributed by atoms with van der Waals surface area (Å²) in [7, 11) is -4.73. The molecule has 434 valence electrons. The van der Waals surface area contributed by atoms with Gasteiger partial charge in [-0.3, -0.25) is 14.4 Å². The van der Waals surface area contributed by atoms with Crippen molar-refractivity contribution in [1.29, 1.82) is 0 Å². The van der Waals surface area contributed by atoms with Crippen molar-refractivity contribution in [2.24, 2.45) is 5.73 Å². The first-order valence-corrected chi connectivity index (χ1v) is 29.7. The second-order valence-corrected chi connectivity index (χ2v) is 25.5. The van der Waals surface area contributed by atoms with Gasteiger partial charge >= 0.3 is 0 Å². The number of carboxylic acids is 2. The van der Waals surface area contributed by atoms with Crippen LogP contribution in [0, 0.1) is 0 Å². The molecule has 4 N–H and O–H groups in total. The van der Waals surface area contributed by atoms with Crippen LogP contribution in [-0.4, -0.2) is 166 Å². The van der Waals surface area contributed by atoms with E-state index in [1.807, 2.05) is 98.1 Å². The van der Waals surface area contributed by atoms with E-state index < -0.39 is 43.2 Å². The summed E-state index contributed by atoms with van der Waals surface area (Å²) in [5.41, 5.74) is 12.4. The number of piperazine rings is 3. The van der Waals surface area contributed by atoms with Crippen LogP contribution in [0.25, 0.3) is 0 Å². The van der Waals surface area contributed by atoms with E-state index in [1.165, 1.54) is 16.9 Å². The summed E-state index contributed by atoms with van der Waals surface area (Å²) in [6, 6.07) is 21.0. The van der Waals surface area contributed by atoms with Gasteiger partial charge in [0.1, 0.15) is 46.3 Å². The maximum atomic E-state index is 13.8. The largest absolute Gasteiger partial charge is 0.748 e. The molecule has 3 fully saturated rings. The molecule has 0 atom stereocenters. The number of nitrogens with one attached hydrogen (secondary N) is 2. The van der Waals surface area contributed by atoms with Gasteiger partial charge in [0, 0.05) is 90.9 Å². The summed E-state index contributed by atoms with van der Waals surface area (Å²) in [5.74, 6) is -3.51. The Bertz CT molecular complexity index is 3120. The zero-order chi connectivity index (χ0) is 59.3. The third kappa shape index (κ3) is 17.1. The van der Waals surface area contributed by atoms with Crippen LogP contribution in [0.4, 0.5) is 17.1 Å². The van der Waals surface area contributed by atoms with Gasteiger partial charge in [-0.25, -0.2) is 21.1 Å². The number of carboxylic acid groups (broad SMARTS) is 2. The predicted molar refractivity (Wildman–Crippen MR) is 303 cm³/mol. The van der Waals surface area contributed by atoms with Gasteiger partial charge < -0.3 is 54.6 Å². The van der Waals surface area contributed by atoms with Crippen LogP contribution >= 0.6 is 0 Å². The molecule has 5 heterocycles. The highest BCUT2D eigenvalue weighted by atomic mass is 32.2. The molecule has 8 rings (SSSR count). The lowest BCUT2D eigenvalue weighted by Gasteiger charge is -2.55. The molecule has 0 aromatic heterocycles. The first-order chi connectivity index (χ1) is 37.4. The number of aliphatic carboxylic acids is 2. The van der Waals surface area contributed by atoms with Crippen LogP contribution in [0.15, 0.2) is 120 Å². The van der Waals surface area contributed by atoms with Crippen molar-refractivity contribution in [2.75, 3.05) is 102 Å². The second-order valence-electron chi connectivity index (χ2n) is 21.9. The Kier molecular flexibility index (Phi) is 21.7. The Hall–Kier alpha value is -6.82. The number of para-hydroxylation sites is 1. The minimum atomic E-state index is -4.31. The lowest BCUT2D eigenvalue weighted by Crippen LogP contribution is -2.76. The number of nitrogens with zero attached hydrogens (tertiary/aromatic N) is 5. The molecule has 0 spiro atoms. The lowest BCUT2D eigenvalue weighted by molar-refractivity contribution is -1.08. The molecular weight excluding hydrogens is 1060 g/mol. The molecule has 22 heteroatoms. The number of quaternary nitrogens is 2. The lowest BCUT2D eigenvalue weighted by atomic mass is 9.81. The van der Waals surface area contributed by atoms with Crippen molar-refractivity contribution in [3.63, 3.8) is 0 Å². The third-order valence-corrected chi connectivity index (χ3v) is 18.0. The van der Waals surface area contributed by atoms with Gasteiger partial charge in [0.05, 0.1) is 33.5 Å². The Morgan fingerprint density at radius 1 is 0.775 bits per heavy atom. The van der Waals surface area contributed by atoms with Crippen LogP contribution in [-0.2, 0) is 61.4 Å². The van der Waals surface area contributed by atoms with Crippen molar-refractivity contribution in [2.45, 2.75) is 83.0 Å². The zero-order valence-corrected chi connectivity index (χ0v) is 48.9. The molecule has 5 aliphatic heterocycles. The zero-order valence-electron chi connectivity index (χ0n) is 47.2. The quantitative estimate of drug-likeness (QED) is 0.0565. The Labute approximate surface area is 471 Å². The number of fused-ring (bicyclic) bond motifs is 5. The van der Waals surface area contributed by atoms with Crippen LogP contribution in [0.3, 0.4) is 0 Å². The second kappa shape index (κ2) is 27.1. The molecule has 0 unspecified atom stereocenters. The van der Waals surface area contributed by atoms with Gasteiger partial charge in [-0.05, 0) is 88.1 Å². The molecule has 3 amide bonds. The number of anilines is 2. The molecule has 80 heavy (non-hydrogen) atoms. The van der Waals surface area contributed by atoms with Crippen molar-refractivity contribution >= 4 is 72.6 Å². The van der Waals surface area contributed by atoms with Crippen LogP contribution < -0.4 is 31.5 Å². The number of carbonyl (C=O) groups excluding carboxylic acids is 5. The maximum absolute atomic E-state index is 13.8. The number of benzene rings is 3. The first-order valence-electron chi connectivity index (χ1n) is 26.7. The fourth-order valence-corrected chi connectivity index (χ4v) is 12.7. The number of carbonyl (C=O) groups is 5. The molecule has 2 bridgehead atoms. The number of sulfonamides is 1. The van der Waals surface area contributed by atoms with Crippen molar-refractivity contribution in [1.82, 2.24) is 9.62 Å². The fraction of sp³-hybridized carbons (Fsp3) is 0.448. The molecule has 0 saturated carbocycles. The average molecular weight is 1140 g/mol. The smallest absolute Gasteiger partial charge is 0.272 e. The van der Waals surface area contributed by atoms with E-state index in [0.29, 0.717) is 18.8 Å². The number of primary amides is 1. The number of hydrogen-bond donors (Lipinski definition) is 3. The van der Waals surface area contributed by atoms with E-state index >= 15 is 0 Å². The van der Waals surface area contributed by atoms with E-state index in [4.69, 9.17) is 25.5 Å². The van der Waals surface area contributed by atoms with Crippen molar-refractivity contribution < 1.29 is 69.1 Å². The summed E-state index contributed by atoms with van der Waals surface area (Å²) >= 11 is 0. The maximum Gasteiger partial charge on any atom is 0.272 e. The van der Waals surface area contributed by atoms with E-state index in [9.17, 15) is 35.8 Å². The SMILES string of the molecule is CC(=O)[O-].CC(=O)[O-].CN(CCCC(=O)NCC(=O)Nc1ccc(CC[N+]23CC[N+](CC(N)=O)(CC2)CC3)cc1)S(=O)(=O)c1ccc2c(c1)C(C)(C)C(/C=C/C=C/C=C/C=C1/N(CCCS(=O)(=O)[O-])c3ccccc3C1(C)C)=[N+]2C. The van der Waals surface area contributed by atoms with Crippen molar-refractivity contribution in [3.8, 4) is 0 Å². The number of nitrogens with two attached hydrogens (primary N) is 1. The topological polar surface area (TPSA) is 282 Å². The average Bonchev–Trinajstić information content (AvgIpc) is 3.96. The Morgan fingerprint density at radius 2 is 1.36 bits per heavy atom. The molecule has 0 radical (unpaired) electrons. The highest BCUT2D eigenvalue weighted by Crippen LogP contribution is 2.47. The van der Waals surface area contributed by atoms with Gasteiger partial charge in [0.2, 0.25) is 27.5 Å². The normalized spacial score (nSPS) is 20.3. The molecule has 20 nitrogen and oxygen atoms in total. The third-order valence-electron chi connectivity index (χ3n) is 15.3. The van der Waals surface area contributed by atoms with Gasteiger partial charge in [-0.2, -0.15) is 4.58 Å². The van der Waals surface area contributed by atoms with E-state index in [2.05, 4.69) is 53.9 Å². The summed E-state index contributed by atoms with van der Waals surface area (Å²) in [6.45, 7) is 18.3. The van der Waals surface area contributed by atoms with E-state index in [0.717, 1.165) is 109 Å². The van der Waals surface area contributed by atoms with Crippen molar-refractivity contribution in [3.05, 3.63) is 132 Å². The first kappa shape index (κ1) is 64.0. The minimum absolute atomic E-state index is 0.0490. The van der Waals surface area contributed by atoms with Gasteiger partial charge in [-0.1, -0.05) is 74.6 Å². The van der Waals surface area contributed by atoms with Gasteiger partial charge in [0.25, 0.3) is 5.91 Å². The van der Waals surface area contributed by atoms with Crippen LogP contribution in [0.5, 0.6) is 0 Å². The molecule has 3 saturated heterocycles. The summed E-state index contributed by atoms with van der Waals surface area (Å²) < 4.78 is 66.8. The summed E-state index contributed by atoms with van der Waals surface area (Å²) in [4.78, 5) is 57.0. The van der Waals surface area contributed by atoms with Crippen LogP contribution in [0.1, 0.15) is 77.5 Å². The molecule has 0 aliphatic carbocycles. The summed E-state index contributed by atoms with van der Waals surface area (Å²) in [6.07, 6.45) is 15.2. The standard InChI is InChI=1S/C54H70N8O8S2.2C2H4O2/c1-53(2)44-16-12-13-17-47(44)60(29-15-37-71(66,67)68)49(53)19-11-9-7-8-10-18-48-54(3,4)45-38-43(25-26-46(45)59(48)6)72(69,70)58(5)28-14-20-51(64)56-39-52(65)57-42-23-21-41(22-24-42)27-30-61-31-34-62(35-32-61,36-33-61)40-50(55)63;2*1-2(3)4/h7-13,16-19,21-26,38H,14-15,20,27-37,39-40H2,1-6H3,(H2-3,55,56,57,63,64,65,66,67,68);2*1H3,(H,3,4). The molecule has 3 aromatic rings. The fourth-order valence-electron chi connectivity index (χ4n) is 10.9. The molecule has 3 aromatic carbocycles. The highest BCUT2D eigenvalue weighted by molar-refractivity contribution is 7.89. The minimum Gasteiger partial charge on any atom is -0.748 e. The number of hydrogen-bond acceptors (Lipinski definition) is 13. The van der Waals surface area contributed by atoms with Crippen LogP contribution in [0.2, 0.25) is 0 Å². The number of rotatable bonds is 22.